The minimum Gasteiger partial charge on any atom is -0.316 e. The number of nitrogens with zero attached hydrogens (tertiary/aromatic N) is 2. The van der Waals surface area contributed by atoms with Crippen LogP contribution < -0.4 is 5.32 Å². The summed E-state index contributed by atoms with van der Waals surface area (Å²) in [4.78, 5) is 8.03. The molecule has 2 atom stereocenters. The van der Waals surface area contributed by atoms with Gasteiger partial charge in [-0.1, -0.05) is 0 Å². The molecule has 0 aromatic carbocycles. The highest BCUT2D eigenvalue weighted by molar-refractivity contribution is 7.09. The van der Waals surface area contributed by atoms with Crippen molar-refractivity contribution < 1.29 is 0 Å². The largest absolute Gasteiger partial charge is 0.316 e. The van der Waals surface area contributed by atoms with E-state index >= 15 is 0 Å². The second-order valence-electron chi connectivity index (χ2n) is 3.85. The van der Waals surface area contributed by atoms with Crippen LogP contribution in [-0.2, 0) is 0 Å². The maximum atomic E-state index is 4.13. The normalized spacial score (nSPS) is 25.4. The second-order valence-corrected chi connectivity index (χ2v) is 4.77. The fourth-order valence-corrected chi connectivity index (χ4v) is 2.70. The van der Waals surface area contributed by atoms with Crippen molar-refractivity contribution in [3.8, 4) is 0 Å². The lowest BCUT2D eigenvalue weighted by Crippen LogP contribution is -2.30. The molecule has 1 aliphatic rings. The van der Waals surface area contributed by atoms with E-state index in [0.29, 0.717) is 12.1 Å². The van der Waals surface area contributed by atoms with E-state index in [0.717, 1.165) is 6.54 Å². The molecule has 78 valence electrons. The number of hydrogen-bond acceptors (Lipinski definition) is 4. The van der Waals surface area contributed by atoms with E-state index in [1.54, 1.807) is 11.3 Å². The molecule has 2 heterocycles. The van der Waals surface area contributed by atoms with Gasteiger partial charge in [-0.15, -0.1) is 11.3 Å². The summed E-state index contributed by atoms with van der Waals surface area (Å²) in [6.45, 7) is 4.63. The van der Waals surface area contributed by atoms with E-state index in [9.17, 15) is 0 Å². The molecular weight excluding hydrogens is 194 g/mol. The monoisotopic (exact) mass is 211 g/mol. The maximum absolute atomic E-state index is 4.13. The van der Waals surface area contributed by atoms with Crippen molar-refractivity contribution in [2.24, 2.45) is 0 Å². The molecular formula is C10H17N3S. The van der Waals surface area contributed by atoms with E-state index < -0.39 is 0 Å². The fourth-order valence-electron chi connectivity index (χ4n) is 1.99. The quantitative estimate of drug-likeness (QED) is 0.821. The molecule has 1 aromatic heterocycles. The highest BCUT2D eigenvalue weighted by Crippen LogP contribution is 2.26. The van der Waals surface area contributed by atoms with Gasteiger partial charge < -0.3 is 5.32 Å². The zero-order valence-corrected chi connectivity index (χ0v) is 9.55. The Morgan fingerprint density at radius 1 is 1.71 bits per heavy atom. The van der Waals surface area contributed by atoms with E-state index in [1.165, 1.54) is 17.8 Å². The third-order valence-corrected chi connectivity index (χ3v) is 3.98. The standard InChI is InChI=1S/C10H17N3S/c1-8(10-5-12-7-14-10)13-4-3-9(6-13)11-2/h5,7-9,11H,3-4,6H2,1-2H3. The number of thiazole rings is 1. The first-order valence-electron chi connectivity index (χ1n) is 5.11. The summed E-state index contributed by atoms with van der Waals surface area (Å²) in [5.74, 6) is 0. The molecule has 0 bridgehead atoms. The van der Waals surface area contributed by atoms with Gasteiger partial charge in [-0.05, 0) is 20.4 Å². The number of hydrogen-bond donors (Lipinski definition) is 1. The summed E-state index contributed by atoms with van der Waals surface area (Å²) in [6.07, 6.45) is 3.25. The Morgan fingerprint density at radius 3 is 3.14 bits per heavy atom. The minimum absolute atomic E-state index is 0.529. The third kappa shape index (κ3) is 1.97. The van der Waals surface area contributed by atoms with Gasteiger partial charge in [0.15, 0.2) is 0 Å². The lowest BCUT2D eigenvalue weighted by molar-refractivity contribution is 0.260. The Hall–Kier alpha value is -0.450. The van der Waals surface area contributed by atoms with Gasteiger partial charge in [0.25, 0.3) is 0 Å². The molecule has 1 saturated heterocycles. The first-order valence-corrected chi connectivity index (χ1v) is 5.99. The zero-order chi connectivity index (χ0) is 9.97. The van der Waals surface area contributed by atoms with Crippen molar-refractivity contribution >= 4 is 11.3 Å². The molecule has 1 aliphatic heterocycles. The van der Waals surface area contributed by atoms with Crippen LogP contribution in [0.1, 0.15) is 24.3 Å². The van der Waals surface area contributed by atoms with Crippen molar-refractivity contribution in [3.63, 3.8) is 0 Å². The predicted octanol–water partition coefficient (Wildman–Crippen LogP) is 1.50. The number of likely N-dealkylation sites (N-methyl/N-ethyl adjacent to an activating group) is 1. The van der Waals surface area contributed by atoms with Crippen LogP contribution in [0.2, 0.25) is 0 Å². The summed E-state index contributed by atoms with van der Waals surface area (Å²) in [5.41, 5.74) is 1.91. The lowest BCUT2D eigenvalue weighted by Gasteiger charge is -2.22. The van der Waals surface area contributed by atoms with Crippen LogP contribution >= 0.6 is 11.3 Å². The Morgan fingerprint density at radius 2 is 2.57 bits per heavy atom. The Labute approximate surface area is 89.1 Å². The molecule has 0 radical (unpaired) electrons. The summed E-state index contributed by atoms with van der Waals surface area (Å²) in [6, 6.07) is 1.20. The second kappa shape index (κ2) is 4.38. The number of nitrogens with one attached hydrogen (secondary N) is 1. The Balaban J connectivity index is 1.97. The van der Waals surface area contributed by atoms with Crippen LogP contribution in [0.3, 0.4) is 0 Å². The van der Waals surface area contributed by atoms with Crippen LogP contribution in [0.25, 0.3) is 0 Å². The van der Waals surface area contributed by atoms with Crippen LogP contribution in [0.4, 0.5) is 0 Å². The van der Waals surface area contributed by atoms with E-state index in [1.807, 2.05) is 18.8 Å². The van der Waals surface area contributed by atoms with Crippen LogP contribution in [0, 0.1) is 0 Å². The first-order chi connectivity index (χ1) is 6.81. The summed E-state index contributed by atoms with van der Waals surface area (Å²) in [7, 11) is 2.05. The minimum atomic E-state index is 0.529. The molecule has 0 amide bonds. The highest BCUT2D eigenvalue weighted by atomic mass is 32.1. The van der Waals surface area contributed by atoms with Crippen LogP contribution in [0.5, 0.6) is 0 Å². The smallest absolute Gasteiger partial charge is 0.0794 e. The van der Waals surface area contributed by atoms with Crippen molar-refractivity contribution in [3.05, 3.63) is 16.6 Å². The van der Waals surface area contributed by atoms with E-state index in [4.69, 9.17) is 0 Å². The molecule has 3 nitrogen and oxygen atoms in total. The Kier molecular flexibility index (Phi) is 3.15. The van der Waals surface area contributed by atoms with Gasteiger partial charge >= 0.3 is 0 Å². The molecule has 0 aliphatic carbocycles. The molecule has 1 N–H and O–H groups in total. The van der Waals surface area contributed by atoms with Gasteiger partial charge in [0.1, 0.15) is 0 Å². The van der Waals surface area contributed by atoms with Gasteiger partial charge in [0.05, 0.1) is 5.51 Å². The number of aromatic nitrogens is 1. The van der Waals surface area contributed by atoms with Gasteiger partial charge in [-0.2, -0.15) is 0 Å². The maximum Gasteiger partial charge on any atom is 0.0794 e. The Bertz CT molecular complexity index is 273. The van der Waals surface area contributed by atoms with Gasteiger partial charge in [-0.3, -0.25) is 9.88 Å². The third-order valence-electron chi connectivity index (χ3n) is 3.04. The molecule has 1 aromatic rings. The summed E-state index contributed by atoms with van der Waals surface area (Å²) in [5, 5.41) is 3.34. The van der Waals surface area contributed by atoms with E-state index in [2.05, 4.69) is 22.1 Å². The van der Waals surface area contributed by atoms with Crippen LogP contribution in [-0.4, -0.2) is 36.1 Å². The number of rotatable bonds is 3. The van der Waals surface area contributed by atoms with Gasteiger partial charge in [0.2, 0.25) is 0 Å². The van der Waals surface area contributed by atoms with E-state index in [-0.39, 0.29) is 0 Å². The fraction of sp³-hybridized carbons (Fsp3) is 0.700. The number of likely N-dealkylation sites (tertiary alicyclic amines) is 1. The van der Waals surface area contributed by atoms with Crippen molar-refractivity contribution in [1.82, 2.24) is 15.2 Å². The average Bonchev–Trinajstić information content (AvgIpc) is 2.88. The molecule has 4 heteroatoms. The molecule has 14 heavy (non-hydrogen) atoms. The van der Waals surface area contributed by atoms with Crippen molar-refractivity contribution in [2.45, 2.75) is 25.4 Å². The summed E-state index contributed by atoms with van der Waals surface area (Å²) < 4.78 is 0. The topological polar surface area (TPSA) is 28.2 Å². The molecule has 2 unspecified atom stereocenters. The predicted molar refractivity (Wildman–Crippen MR) is 59.6 cm³/mol. The van der Waals surface area contributed by atoms with Crippen molar-refractivity contribution in [1.29, 1.82) is 0 Å². The molecule has 0 saturated carbocycles. The molecule has 2 rings (SSSR count). The first kappa shape index (κ1) is 10.1. The average molecular weight is 211 g/mol. The molecule has 1 fully saturated rings. The van der Waals surface area contributed by atoms with Crippen molar-refractivity contribution in [2.75, 3.05) is 20.1 Å². The highest BCUT2D eigenvalue weighted by Gasteiger charge is 2.26. The zero-order valence-electron chi connectivity index (χ0n) is 8.73. The SMILES string of the molecule is CNC1CCN(C(C)c2cncs2)C1. The van der Waals surface area contributed by atoms with Crippen LogP contribution in [0.15, 0.2) is 11.7 Å². The van der Waals surface area contributed by atoms with Gasteiger partial charge in [0, 0.05) is 36.2 Å². The summed E-state index contributed by atoms with van der Waals surface area (Å²) >= 11 is 1.75. The lowest BCUT2D eigenvalue weighted by atomic mass is 10.2. The molecule has 0 spiro atoms. The van der Waals surface area contributed by atoms with Gasteiger partial charge in [-0.25, -0.2) is 0 Å².